The number of para-hydroxylation sites is 1. The Bertz CT molecular complexity index is 1480. The van der Waals surface area contributed by atoms with Crippen LogP contribution in [0.4, 0.5) is 5.69 Å². The standard InChI is InChI=1S/C33H34N2O7/c1-33-25(30(40)35(32(33)42)20-8-4-2-5-9-20)18-24-22(28(33)19-11-13-21(36)14-12-19)15-16-23-27(24)31(41)34(29(23)39)17-7-3-6-10-26(37)38/h2,4-5,8-9,11-15,23-25,27-28,36H,3,6-7,10,16-18H2,1H3,(H,37,38)/t23-,24+,25-,27-,28-,33+/m0/s1. The Balaban J connectivity index is 1.36. The summed E-state index contributed by atoms with van der Waals surface area (Å²) in [5, 5.41) is 18.9. The molecule has 0 unspecified atom stereocenters. The van der Waals surface area contributed by atoms with Crippen LogP contribution in [-0.2, 0) is 24.0 Å². The molecule has 6 atom stereocenters. The number of rotatable bonds is 8. The quantitative estimate of drug-likeness (QED) is 0.275. The maximum absolute atomic E-state index is 14.3. The maximum atomic E-state index is 14.3. The molecule has 42 heavy (non-hydrogen) atoms. The molecule has 4 amide bonds. The number of hydrogen-bond donors (Lipinski definition) is 2. The molecular formula is C33H34N2O7. The van der Waals surface area contributed by atoms with Crippen molar-refractivity contribution in [3.05, 3.63) is 71.8 Å². The van der Waals surface area contributed by atoms with Crippen LogP contribution in [0.25, 0.3) is 0 Å². The van der Waals surface area contributed by atoms with Gasteiger partial charge >= 0.3 is 5.97 Å². The molecule has 2 heterocycles. The van der Waals surface area contributed by atoms with Gasteiger partial charge in [0.25, 0.3) is 0 Å². The predicted molar refractivity (Wildman–Crippen MR) is 152 cm³/mol. The van der Waals surface area contributed by atoms with Crippen molar-refractivity contribution in [2.45, 2.75) is 51.4 Å². The summed E-state index contributed by atoms with van der Waals surface area (Å²) in [6.45, 7) is 2.08. The van der Waals surface area contributed by atoms with Crippen LogP contribution in [0.15, 0.2) is 66.2 Å². The molecule has 4 aliphatic rings. The van der Waals surface area contributed by atoms with E-state index in [-0.39, 0.29) is 54.7 Å². The summed E-state index contributed by atoms with van der Waals surface area (Å²) in [7, 11) is 0. The summed E-state index contributed by atoms with van der Waals surface area (Å²) in [5.41, 5.74) is 1.07. The minimum atomic E-state index is -1.12. The highest BCUT2D eigenvalue weighted by Crippen LogP contribution is 2.63. The molecule has 1 saturated carbocycles. The molecule has 2 aromatic carbocycles. The van der Waals surface area contributed by atoms with E-state index in [0.717, 1.165) is 11.1 Å². The van der Waals surface area contributed by atoms with Gasteiger partial charge in [0.05, 0.1) is 28.9 Å². The number of phenolic OH excluding ortho intramolecular Hbond substituents is 1. The summed E-state index contributed by atoms with van der Waals surface area (Å²) in [4.78, 5) is 69.1. The van der Waals surface area contributed by atoms with Gasteiger partial charge in [-0.3, -0.25) is 28.9 Å². The van der Waals surface area contributed by atoms with Crippen molar-refractivity contribution in [2.24, 2.45) is 29.1 Å². The number of anilines is 1. The first-order valence-corrected chi connectivity index (χ1v) is 14.6. The number of carboxylic acids is 1. The Kier molecular flexibility index (Phi) is 6.99. The molecule has 0 aromatic heterocycles. The third kappa shape index (κ3) is 4.25. The zero-order valence-corrected chi connectivity index (χ0v) is 23.4. The Morgan fingerprint density at radius 1 is 0.905 bits per heavy atom. The number of phenols is 1. The molecule has 2 N–H and O–H groups in total. The number of hydrogen-bond acceptors (Lipinski definition) is 6. The Hall–Kier alpha value is -4.27. The summed E-state index contributed by atoms with van der Waals surface area (Å²) in [5.74, 6) is -4.57. The van der Waals surface area contributed by atoms with Gasteiger partial charge in [0.1, 0.15) is 5.75 Å². The Labute approximate surface area is 243 Å². The fourth-order valence-electron chi connectivity index (χ4n) is 7.89. The number of carbonyl (C=O) groups is 5. The van der Waals surface area contributed by atoms with E-state index in [2.05, 4.69) is 0 Å². The highest BCUT2D eigenvalue weighted by molar-refractivity contribution is 6.24. The van der Waals surface area contributed by atoms with Crippen molar-refractivity contribution in [1.82, 2.24) is 4.90 Å². The van der Waals surface area contributed by atoms with Gasteiger partial charge in [-0.1, -0.05) is 48.4 Å². The molecule has 0 radical (unpaired) electrons. The molecule has 2 aromatic rings. The molecule has 9 heteroatoms. The van der Waals surface area contributed by atoms with Crippen LogP contribution in [0.3, 0.4) is 0 Å². The van der Waals surface area contributed by atoms with Crippen LogP contribution in [-0.4, -0.2) is 51.3 Å². The fourth-order valence-corrected chi connectivity index (χ4v) is 7.89. The van der Waals surface area contributed by atoms with Crippen molar-refractivity contribution in [3.8, 4) is 5.75 Å². The van der Waals surface area contributed by atoms with Crippen LogP contribution < -0.4 is 4.90 Å². The van der Waals surface area contributed by atoms with Crippen molar-refractivity contribution in [2.75, 3.05) is 11.4 Å². The molecular weight excluding hydrogens is 536 g/mol. The minimum absolute atomic E-state index is 0.0497. The summed E-state index contributed by atoms with van der Waals surface area (Å²) in [6.07, 6.45) is 4.33. The van der Waals surface area contributed by atoms with Crippen LogP contribution in [0, 0.1) is 29.1 Å². The van der Waals surface area contributed by atoms with E-state index in [1.54, 1.807) is 48.5 Å². The fraction of sp³-hybridized carbons (Fsp3) is 0.424. The van der Waals surface area contributed by atoms with Gasteiger partial charge in [-0.2, -0.15) is 0 Å². The second-order valence-corrected chi connectivity index (χ2v) is 12.1. The van der Waals surface area contributed by atoms with Gasteiger partial charge in [-0.05, 0) is 68.4 Å². The number of fused-ring (bicyclic) bond motifs is 4. The largest absolute Gasteiger partial charge is 0.508 e. The molecule has 2 aliphatic carbocycles. The lowest BCUT2D eigenvalue weighted by atomic mass is 9.51. The van der Waals surface area contributed by atoms with Crippen LogP contribution in [0.5, 0.6) is 5.75 Å². The maximum Gasteiger partial charge on any atom is 0.303 e. The Morgan fingerprint density at radius 2 is 1.62 bits per heavy atom. The lowest BCUT2D eigenvalue weighted by molar-refractivity contribution is -0.141. The van der Waals surface area contributed by atoms with Gasteiger partial charge in [0, 0.05) is 18.9 Å². The SMILES string of the molecule is C[C@@]12C(=O)N(c3ccccc3)C(=O)[C@@H]1C[C@@H]1C(=CC[C@@H]3C(=O)N(CCCCCC(=O)O)C(=O)[C@@H]31)[C@@H]2c1ccc(O)cc1. The number of benzene rings is 2. The molecule has 0 spiro atoms. The van der Waals surface area contributed by atoms with Crippen molar-refractivity contribution in [1.29, 1.82) is 0 Å². The number of unbranched alkanes of at least 4 members (excludes halogenated alkanes) is 2. The predicted octanol–water partition coefficient (Wildman–Crippen LogP) is 4.27. The number of carboxylic acid groups (broad SMARTS) is 1. The highest BCUT2D eigenvalue weighted by Gasteiger charge is 2.67. The topological polar surface area (TPSA) is 132 Å². The normalized spacial score (nSPS) is 30.2. The number of imide groups is 2. The van der Waals surface area contributed by atoms with Gasteiger partial charge in [-0.25, -0.2) is 4.90 Å². The average molecular weight is 571 g/mol. The second-order valence-electron chi connectivity index (χ2n) is 12.1. The monoisotopic (exact) mass is 570 g/mol. The smallest absolute Gasteiger partial charge is 0.303 e. The van der Waals surface area contributed by atoms with E-state index in [1.807, 2.05) is 19.1 Å². The first-order chi connectivity index (χ1) is 20.1. The van der Waals surface area contributed by atoms with Crippen molar-refractivity contribution in [3.63, 3.8) is 0 Å². The molecule has 2 aliphatic heterocycles. The molecule has 218 valence electrons. The first-order valence-electron chi connectivity index (χ1n) is 14.6. The van der Waals surface area contributed by atoms with E-state index < -0.39 is 35.1 Å². The summed E-state index contributed by atoms with van der Waals surface area (Å²) in [6, 6.07) is 15.5. The molecule has 0 bridgehead atoms. The van der Waals surface area contributed by atoms with Gasteiger partial charge in [-0.15, -0.1) is 0 Å². The second kappa shape index (κ2) is 10.5. The van der Waals surface area contributed by atoms with Gasteiger partial charge in [0.2, 0.25) is 23.6 Å². The molecule has 2 saturated heterocycles. The number of allylic oxidation sites excluding steroid dienone is 2. The van der Waals surface area contributed by atoms with Gasteiger partial charge < -0.3 is 10.2 Å². The van der Waals surface area contributed by atoms with Crippen LogP contribution in [0.2, 0.25) is 0 Å². The Morgan fingerprint density at radius 3 is 2.31 bits per heavy atom. The van der Waals surface area contributed by atoms with E-state index in [9.17, 15) is 29.1 Å². The molecule has 6 rings (SSSR count). The van der Waals surface area contributed by atoms with Crippen molar-refractivity contribution < 1.29 is 34.2 Å². The summed E-state index contributed by atoms with van der Waals surface area (Å²) >= 11 is 0. The van der Waals surface area contributed by atoms with E-state index in [4.69, 9.17) is 5.11 Å². The zero-order valence-electron chi connectivity index (χ0n) is 23.4. The number of likely N-dealkylation sites (tertiary alicyclic amines) is 1. The average Bonchev–Trinajstić information content (AvgIpc) is 3.33. The third-order valence-electron chi connectivity index (χ3n) is 9.88. The molecule has 9 nitrogen and oxygen atoms in total. The lowest BCUT2D eigenvalue weighted by Gasteiger charge is -2.49. The van der Waals surface area contributed by atoms with E-state index in [1.165, 1.54) is 9.80 Å². The molecule has 3 fully saturated rings. The number of aliphatic carboxylic acids is 1. The third-order valence-corrected chi connectivity index (χ3v) is 9.88. The van der Waals surface area contributed by atoms with Gasteiger partial charge in [0.15, 0.2) is 0 Å². The number of amides is 4. The number of carbonyl (C=O) groups excluding carboxylic acids is 4. The lowest BCUT2D eigenvalue weighted by Crippen LogP contribution is -2.48. The minimum Gasteiger partial charge on any atom is -0.508 e. The van der Waals surface area contributed by atoms with Crippen molar-refractivity contribution >= 4 is 35.3 Å². The number of aromatic hydroxyl groups is 1. The van der Waals surface area contributed by atoms with Crippen LogP contribution in [0.1, 0.15) is 56.9 Å². The van der Waals surface area contributed by atoms with E-state index >= 15 is 0 Å². The number of nitrogens with zero attached hydrogens (tertiary/aromatic N) is 2. The zero-order chi connectivity index (χ0) is 29.8. The van der Waals surface area contributed by atoms with Crippen LogP contribution >= 0.6 is 0 Å². The first kappa shape index (κ1) is 27.9. The van der Waals surface area contributed by atoms with E-state index in [0.29, 0.717) is 31.4 Å². The summed E-state index contributed by atoms with van der Waals surface area (Å²) < 4.78 is 0. The highest BCUT2D eigenvalue weighted by atomic mass is 16.4.